The maximum absolute atomic E-state index is 13.7. The SMILES string of the molecule is COc1c(F)cc(C(C)F)cc1C(C)(C)N. The quantitative estimate of drug-likeness (QED) is 0.864. The van der Waals surface area contributed by atoms with Crippen molar-refractivity contribution in [3.8, 4) is 5.75 Å². The first-order chi connectivity index (χ1) is 7.27. The largest absolute Gasteiger partial charge is 0.493 e. The molecular formula is C12H17F2NO. The Balaban J connectivity index is 3.43. The van der Waals surface area contributed by atoms with Crippen molar-refractivity contribution in [1.29, 1.82) is 0 Å². The third kappa shape index (κ3) is 2.50. The summed E-state index contributed by atoms with van der Waals surface area (Å²) in [7, 11) is 1.37. The van der Waals surface area contributed by atoms with Gasteiger partial charge in [-0.25, -0.2) is 8.78 Å². The molecule has 0 amide bonds. The molecule has 1 unspecified atom stereocenters. The summed E-state index contributed by atoms with van der Waals surface area (Å²) >= 11 is 0. The molecule has 4 heteroatoms. The molecule has 0 heterocycles. The fraction of sp³-hybridized carbons (Fsp3) is 0.500. The molecule has 0 fully saturated rings. The lowest BCUT2D eigenvalue weighted by molar-refractivity contribution is 0.355. The van der Waals surface area contributed by atoms with E-state index >= 15 is 0 Å². The van der Waals surface area contributed by atoms with E-state index in [1.165, 1.54) is 14.0 Å². The third-order valence-electron chi connectivity index (χ3n) is 2.42. The normalized spacial score (nSPS) is 13.7. The highest BCUT2D eigenvalue weighted by Gasteiger charge is 2.24. The van der Waals surface area contributed by atoms with Crippen LogP contribution in [0.25, 0.3) is 0 Å². The molecule has 0 radical (unpaired) electrons. The van der Waals surface area contributed by atoms with Crippen LogP contribution in [0.3, 0.4) is 0 Å². The van der Waals surface area contributed by atoms with Crippen molar-refractivity contribution in [3.05, 3.63) is 29.1 Å². The molecule has 90 valence electrons. The molecule has 0 aromatic heterocycles. The van der Waals surface area contributed by atoms with Gasteiger partial charge in [0.1, 0.15) is 6.17 Å². The van der Waals surface area contributed by atoms with Gasteiger partial charge in [-0.05, 0) is 38.5 Å². The fourth-order valence-electron chi connectivity index (χ4n) is 1.53. The van der Waals surface area contributed by atoms with Crippen molar-refractivity contribution in [2.45, 2.75) is 32.5 Å². The zero-order chi connectivity index (χ0) is 12.5. The standard InChI is InChI=1S/C12H17F2NO/c1-7(13)8-5-9(12(2,3)15)11(16-4)10(14)6-8/h5-7H,15H2,1-4H3. The maximum atomic E-state index is 13.7. The lowest BCUT2D eigenvalue weighted by atomic mass is 9.92. The summed E-state index contributed by atoms with van der Waals surface area (Å²) in [6, 6.07) is 2.69. The summed E-state index contributed by atoms with van der Waals surface area (Å²) in [6.45, 7) is 4.79. The van der Waals surface area contributed by atoms with Crippen LogP contribution in [-0.2, 0) is 5.54 Å². The Morgan fingerprint density at radius 1 is 1.38 bits per heavy atom. The van der Waals surface area contributed by atoms with Gasteiger partial charge in [0.25, 0.3) is 0 Å². The molecule has 0 aliphatic heterocycles. The van der Waals surface area contributed by atoms with Crippen molar-refractivity contribution in [3.63, 3.8) is 0 Å². The van der Waals surface area contributed by atoms with Crippen molar-refractivity contribution < 1.29 is 13.5 Å². The molecule has 0 saturated carbocycles. The average Bonchev–Trinajstić information content (AvgIpc) is 2.14. The molecule has 1 aromatic carbocycles. The molecule has 0 saturated heterocycles. The number of ether oxygens (including phenoxy) is 1. The average molecular weight is 229 g/mol. The first-order valence-corrected chi connectivity index (χ1v) is 5.08. The minimum Gasteiger partial charge on any atom is -0.493 e. The highest BCUT2D eigenvalue weighted by Crippen LogP contribution is 2.33. The van der Waals surface area contributed by atoms with Gasteiger partial charge in [-0.15, -0.1) is 0 Å². The van der Waals surface area contributed by atoms with Crippen LogP contribution in [0.15, 0.2) is 12.1 Å². The van der Waals surface area contributed by atoms with Gasteiger partial charge in [-0.2, -0.15) is 0 Å². The summed E-state index contributed by atoms with van der Waals surface area (Å²) in [5.74, 6) is -0.505. The van der Waals surface area contributed by atoms with Crippen LogP contribution in [0.2, 0.25) is 0 Å². The number of methoxy groups -OCH3 is 1. The van der Waals surface area contributed by atoms with Crippen molar-refractivity contribution in [1.82, 2.24) is 0 Å². The van der Waals surface area contributed by atoms with Crippen LogP contribution in [-0.4, -0.2) is 7.11 Å². The topological polar surface area (TPSA) is 35.2 Å². The Labute approximate surface area is 94.4 Å². The van der Waals surface area contributed by atoms with E-state index < -0.39 is 17.5 Å². The summed E-state index contributed by atoms with van der Waals surface area (Å²) < 4.78 is 31.8. The van der Waals surface area contributed by atoms with E-state index in [4.69, 9.17) is 10.5 Å². The third-order valence-corrected chi connectivity index (χ3v) is 2.42. The van der Waals surface area contributed by atoms with E-state index in [9.17, 15) is 8.78 Å². The van der Waals surface area contributed by atoms with E-state index in [1.54, 1.807) is 19.9 Å². The highest BCUT2D eigenvalue weighted by molar-refractivity contribution is 5.43. The number of rotatable bonds is 3. The van der Waals surface area contributed by atoms with Gasteiger partial charge in [-0.3, -0.25) is 0 Å². The summed E-state index contributed by atoms with van der Waals surface area (Å²) in [4.78, 5) is 0. The van der Waals surface area contributed by atoms with E-state index in [2.05, 4.69) is 0 Å². The second-order valence-electron chi connectivity index (χ2n) is 4.42. The first kappa shape index (κ1) is 12.9. The Morgan fingerprint density at radius 3 is 2.31 bits per heavy atom. The molecule has 2 N–H and O–H groups in total. The van der Waals surface area contributed by atoms with Crippen LogP contribution in [0.4, 0.5) is 8.78 Å². The second-order valence-corrected chi connectivity index (χ2v) is 4.42. The minimum absolute atomic E-state index is 0.0805. The fourth-order valence-corrected chi connectivity index (χ4v) is 1.53. The van der Waals surface area contributed by atoms with E-state index in [-0.39, 0.29) is 11.3 Å². The van der Waals surface area contributed by atoms with E-state index in [0.29, 0.717) is 5.56 Å². The highest BCUT2D eigenvalue weighted by atomic mass is 19.1. The molecule has 0 aliphatic rings. The molecule has 1 rings (SSSR count). The molecule has 2 nitrogen and oxygen atoms in total. The Kier molecular flexibility index (Phi) is 3.53. The summed E-state index contributed by atoms with van der Waals surface area (Å²) in [5.41, 5.74) is 5.86. The van der Waals surface area contributed by atoms with Crippen LogP contribution < -0.4 is 10.5 Å². The number of benzene rings is 1. The molecule has 0 aliphatic carbocycles. The zero-order valence-electron chi connectivity index (χ0n) is 9.97. The lowest BCUT2D eigenvalue weighted by Crippen LogP contribution is -2.29. The van der Waals surface area contributed by atoms with Crippen LogP contribution >= 0.6 is 0 Å². The Bertz CT molecular complexity index is 383. The van der Waals surface area contributed by atoms with Gasteiger partial charge in [0, 0.05) is 11.1 Å². The van der Waals surface area contributed by atoms with Gasteiger partial charge in [-0.1, -0.05) is 0 Å². The van der Waals surface area contributed by atoms with Gasteiger partial charge >= 0.3 is 0 Å². The second kappa shape index (κ2) is 4.37. The van der Waals surface area contributed by atoms with E-state index in [0.717, 1.165) is 6.07 Å². The predicted octanol–water partition coefficient (Wildman–Crippen LogP) is 3.06. The molecule has 16 heavy (non-hydrogen) atoms. The number of nitrogens with two attached hydrogens (primary N) is 1. The Hall–Kier alpha value is -1.16. The van der Waals surface area contributed by atoms with Crippen LogP contribution in [0.1, 0.15) is 38.1 Å². The van der Waals surface area contributed by atoms with Gasteiger partial charge in [0.05, 0.1) is 7.11 Å². The van der Waals surface area contributed by atoms with Gasteiger partial charge in [0.15, 0.2) is 11.6 Å². The van der Waals surface area contributed by atoms with Gasteiger partial charge < -0.3 is 10.5 Å². The number of alkyl halides is 1. The number of hydrogen-bond donors (Lipinski definition) is 1. The molecule has 0 bridgehead atoms. The smallest absolute Gasteiger partial charge is 0.165 e. The van der Waals surface area contributed by atoms with Crippen molar-refractivity contribution >= 4 is 0 Å². The maximum Gasteiger partial charge on any atom is 0.165 e. The van der Waals surface area contributed by atoms with Crippen LogP contribution in [0, 0.1) is 5.82 Å². The molecule has 0 spiro atoms. The van der Waals surface area contributed by atoms with Crippen molar-refractivity contribution in [2.24, 2.45) is 5.73 Å². The van der Waals surface area contributed by atoms with Gasteiger partial charge in [0.2, 0.25) is 0 Å². The minimum atomic E-state index is -1.23. The molecule has 1 atom stereocenters. The summed E-state index contributed by atoms with van der Waals surface area (Å²) in [6.07, 6.45) is -1.23. The van der Waals surface area contributed by atoms with E-state index in [1.807, 2.05) is 0 Å². The molecular weight excluding hydrogens is 212 g/mol. The predicted molar refractivity (Wildman–Crippen MR) is 59.7 cm³/mol. The number of halogens is 2. The van der Waals surface area contributed by atoms with Crippen molar-refractivity contribution in [2.75, 3.05) is 7.11 Å². The summed E-state index contributed by atoms with van der Waals surface area (Å²) in [5, 5.41) is 0. The molecule has 1 aromatic rings. The first-order valence-electron chi connectivity index (χ1n) is 5.08. The lowest BCUT2D eigenvalue weighted by Gasteiger charge is -2.23. The van der Waals surface area contributed by atoms with Crippen LogP contribution in [0.5, 0.6) is 5.75 Å². The Morgan fingerprint density at radius 2 is 1.94 bits per heavy atom. The number of hydrogen-bond acceptors (Lipinski definition) is 2. The zero-order valence-corrected chi connectivity index (χ0v) is 9.97. The monoisotopic (exact) mass is 229 g/mol.